The third-order valence-corrected chi connectivity index (χ3v) is 1.67. The zero-order valence-corrected chi connectivity index (χ0v) is 7.45. The number of fused-ring (bicyclic) bond motifs is 1. The number of aromatic carboxylic acids is 1. The third-order valence-electron chi connectivity index (χ3n) is 1.67. The molecule has 0 saturated heterocycles. The number of benzene rings is 1. The SMILES string of the molecule is O=C(O)c1cnc2ccccc2n1.O=O. The van der Waals surface area contributed by atoms with E-state index in [-0.39, 0.29) is 5.69 Å². The molecule has 0 atom stereocenters. The van der Waals surface area contributed by atoms with Crippen LogP contribution in [0.3, 0.4) is 0 Å². The number of rotatable bonds is 1. The van der Waals surface area contributed by atoms with Gasteiger partial charge in [-0.1, -0.05) is 12.1 Å². The van der Waals surface area contributed by atoms with Crippen molar-refractivity contribution in [3.8, 4) is 0 Å². The molecule has 6 heteroatoms. The van der Waals surface area contributed by atoms with Crippen molar-refractivity contribution < 1.29 is 9.90 Å². The maximum Gasteiger partial charge on any atom is 0.356 e. The predicted molar refractivity (Wildman–Crippen MR) is 53.2 cm³/mol. The van der Waals surface area contributed by atoms with E-state index in [0.717, 1.165) is 0 Å². The van der Waals surface area contributed by atoms with Crippen LogP contribution in [-0.4, -0.2) is 21.0 Å². The molecule has 15 heavy (non-hydrogen) atoms. The molecule has 0 aliphatic carbocycles. The Hall–Kier alpha value is -2.37. The van der Waals surface area contributed by atoms with Crippen molar-refractivity contribution in [3.63, 3.8) is 0 Å². The van der Waals surface area contributed by atoms with Crippen LogP contribution < -0.4 is 0 Å². The van der Waals surface area contributed by atoms with Gasteiger partial charge in [0, 0.05) is 9.93 Å². The van der Waals surface area contributed by atoms with Gasteiger partial charge in [0.1, 0.15) is 0 Å². The van der Waals surface area contributed by atoms with E-state index >= 15 is 0 Å². The monoisotopic (exact) mass is 206 g/mol. The Morgan fingerprint density at radius 2 is 1.73 bits per heavy atom. The largest absolute Gasteiger partial charge is 0.476 e. The van der Waals surface area contributed by atoms with E-state index in [2.05, 4.69) is 9.97 Å². The Morgan fingerprint density at radius 1 is 1.13 bits per heavy atom. The smallest absolute Gasteiger partial charge is 0.356 e. The number of para-hydroxylation sites is 2. The summed E-state index contributed by atoms with van der Waals surface area (Å²) in [5.41, 5.74) is 1.27. The quantitative estimate of drug-likeness (QED) is 0.757. The average molecular weight is 206 g/mol. The molecule has 0 unspecified atom stereocenters. The highest BCUT2D eigenvalue weighted by Gasteiger charge is 2.05. The summed E-state index contributed by atoms with van der Waals surface area (Å²) in [6.45, 7) is 0. The summed E-state index contributed by atoms with van der Waals surface area (Å²) in [5, 5.41) is 8.64. The van der Waals surface area contributed by atoms with Gasteiger partial charge in [0.2, 0.25) is 0 Å². The normalized spacial score (nSPS) is 9.07. The van der Waals surface area contributed by atoms with E-state index in [0.29, 0.717) is 11.0 Å². The van der Waals surface area contributed by atoms with Crippen molar-refractivity contribution in [3.05, 3.63) is 46.1 Å². The summed E-state index contributed by atoms with van der Waals surface area (Å²) in [4.78, 5) is 32.4. The van der Waals surface area contributed by atoms with Gasteiger partial charge in [-0.15, -0.1) is 0 Å². The number of carboxylic acid groups (broad SMARTS) is 1. The number of nitrogens with zero attached hydrogens (tertiary/aromatic N) is 2. The fourth-order valence-electron chi connectivity index (χ4n) is 1.06. The first-order valence-electron chi connectivity index (χ1n) is 3.89. The number of hydrogen-bond donors (Lipinski definition) is 1. The van der Waals surface area contributed by atoms with Crippen molar-refractivity contribution in [1.29, 1.82) is 0 Å². The molecule has 1 aromatic heterocycles. The summed E-state index contributed by atoms with van der Waals surface area (Å²) >= 11 is 0. The van der Waals surface area contributed by atoms with Crippen molar-refractivity contribution >= 4 is 17.0 Å². The van der Waals surface area contributed by atoms with Gasteiger partial charge in [-0.2, -0.15) is 0 Å². The van der Waals surface area contributed by atoms with E-state index < -0.39 is 5.97 Å². The number of carboxylic acids is 1. The Labute approximate surface area is 83.8 Å². The van der Waals surface area contributed by atoms with Gasteiger partial charge < -0.3 is 5.11 Å². The topological polar surface area (TPSA) is 97.2 Å². The lowest BCUT2D eigenvalue weighted by atomic mass is 10.3. The van der Waals surface area contributed by atoms with Gasteiger partial charge >= 0.3 is 5.97 Å². The van der Waals surface area contributed by atoms with Crippen LogP contribution >= 0.6 is 0 Å². The average Bonchev–Trinajstić information content (AvgIpc) is 2.31. The molecule has 0 aliphatic rings. The number of carbonyl (C=O) groups is 1. The molecule has 0 bridgehead atoms. The first kappa shape index (κ1) is 10.7. The minimum atomic E-state index is -1.06. The maximum absolute atomic E-state index is 10.5. The second kappa shape index (κ2) is 4.75. The zero-order valence-electron chi connectivity index (χ0n) is 7.45. The molecule has 2 rings (SSSR count). The second-order valence-corrected chi connectivity index (χ2v) is 2.55. The van der Waals surface area contributed by atoms with Crippen molar-refractivity contribution in [1.82, 2.24) is 9.97 Å². The minimum absolute atomic E-state index is 0.0290. The maximum atomic E-state index is 10.5. The van der Waals surface area contributed by atoms with E-state index in [1.54, 1.807) is 18.2 Å². The molecule has 0 spiro atoms. The summed E-state index contributed by atoms with van der Waals surface area (Å²) in [5.74, 6) is -1.06. The molecule has 1 aromatic carbocycles. The van der Waals surface area contributed by atoms with Crippen LogP contribution in [-0.2, 0) is 0 Å². The molecular weight excluding hydrogens is 200 g/mol. The molecule has 1 heterocycles. The number of aromatic nitrogens is 2. The minimum Gasteiger partial charge on any atom is -0.476 e. The van der Waals surface area contributed by atoms with E-state index in [1.165, 1.54) is 6.20 Å². The molecule has 0 saturated carbocycles. The van der Waals surface area contributed by atoms with Crippen molar-refractivity contribution in [2.24, 2.45) is 0 Å². The van der Waals surface area contributed by atoms with Gasteiger partial charge in [-0.25, -0.2) is 9.78 Å². The third kappa shape index (κ3) is 2.31. The molecular formula is C9H6N2O4. The highest BCUT2D eigenvalue weighted by molar-refractivity contribution is 5.87. The summed E-state index contributed by atoms with van der Waals surface area (Å²) < 4.78 is 0. The van der Waals surface area contributed by atoms with E-state index in [4.69, 9.17) is 15.0 Å². The van der Waals surface area contributed by atoms with Crippen molar-refractivity contribution in [2.75, 3.05) is 0 Å². The van der Waals surface area contributed by atoms with Gasteiger partial charge in [-0.3, -0.25) is 4.98 Å². The molecule has 2 aromatic rings. The van der Waals surface area contributed by atoms with Gasteiger partial charge in [0.25, 0.3) is 0 Å². The van der Waals surface area contributed by atoms with Crippen LogP contribution in [0.15, 0.2) is 30.5 Å². The van der Waals surface area contributed by atoms with E-state index in [9.17, 15) is 4.79 Å². The van der Waals surface area contributed by atoms with Gasteiger partial charge in [0.05, 0.1) is 17.2 Å². The van der Waals surface area contributed by atoms with E-state index in [1.807, 2.05) is 6.07 Å². The van der Waals surface area contributed by atoms with Crippen molar-refractivity contribution in [2.45, 2.75) is 0 Å². The fourth-order valence-corrected chi connectivity index (χ4v) is 1.06. The molecule has 0 amide bonds. The highest BCUT2D eigenvalue weighted by atomic mass is 16.7. The first-order valence-corrected chi connectivity index (χ1v) is 3.89. The van der Waals surface area contributed by atoms with Crippen LogP contribution in [0.5, 0.6) is 0 Å². The number of hydrogen-bond acceptors (Lipinski definition) is 5. The Morgan fingerprint density at radius 3 is 2.33 bits per heavy atom. The second-order valence-electron chi connectivity index (χ2n) is 2.55. The molecule has 1 N–H and O–H groups in total. The van der Waals surface area contributed by atoms with Crippen LogP contribution in [0.2, 0.25) is 0 Å². The summed E-state index contributed by atoms with van der Waals surface area (Å²) in [7, 11) is 0. The Kier molecular flexibility index (Phi) is 3.39. The Balaban J connectivity index is 0.000000531. The standard InChI is InChI=1S/C9H6N2O2.O2/c12-9(13)8-5-10-6-3-1-2-4-7(6)11-8;1-2/h1-5H,(H,12,13);. The molecule has 0 fully saturated rings. The molecule has 0 radical (unpaired) electrons. The summed E-state index contributed by atoms with van der Waals surface area (Å²) in [6.07, 6.45) is 1.25. The first-order chi connectivity index (χ1) is 7.27. The molecule has 6 nitrogen and oxygen atoms in total. The lowest BCUT2D eigenvalue weighted by Crippen LogP contribution is -2.00. The summed E-state index contributed by atoms with van der Waals surface area (Å²) in [6, 6.07) is 7.14. The lowest BCUT2D eigenvalue weighted by Gasteiger charge is -1.96. The van der Waals surface area contributed by atoms with Crippen LogP contribution in [0.1, 0.15) is 10.5 Å². The van der Waals surface area contributed by atoms with Gasteiger partial charge in [0.15, 0.2) is 5.69 Å². The van der Waals surface area contributed by atoms with Gasteiger partial charge in [-0.05, 0) is 12.1 Å². The van der Waals surface area contributed by atoms with Crippen LogP contribution in [0, 0.1) is 9.93 Å². The van der Waals surface area contributed by atoms with Crippen LogP contribution in [0.4, 0.5) is 0 Å². The lowest BCUT2D eigenvalue weighted by molar-refractivity contribution is 0.0690. The highest BCUT2D eigenvalue weighted by Crippen LogP contribution is 2.07. The van der Waals surface area contributed by atoms with Crippen LogP contribution in [0.25, 0.3) is 11.0 Å². The molecule has 0 aliphatic heterocycles. The zero-order chi connectivity index (χ0) is 11.3. The molecule has 76 valence electrons. The fraction of sp³-hybridized carbons (Fsp3) is 0. The predicted octanol–water partition coefficient (Wildman–Crippen LogP) is 1.39. The Bertz CT molecular complexity index is 486.